The van der Waals surface area contributed by atoms with Crippen LogP contribution in [-0.4, -0.2) is 63.5 Å². The van der Waals surface area contributed by atoms with Crippen molar-refractivity contribution in [2.75, 3.05) is 0 Å². The third-order valence-corrected chi connectivity index (χ3v) is 9.63. The number of ether oxygens (including phenoxy) is 1. The van der Waals surface area contributed by atoms with Crippen molar-refractivity contribution in [3.63, 3.8) is 0 Å². The second kappa shape index (κ2) is 6.18. The van der Waals surface area contributed by atoms with E-state index in [1.165, 1.54) is 0 Å². The summed E-state index contributed by atoms with van der Waals surface area (Å²) in [6.45, 7) is 8.80. The van der Waals surface area contributed by atoms with Crippen LogP contribution in [0.4, 0.5) is 4.79 Å². The summed E-state index contributed by atoms with van der Waals surface area (Å²) in [5.74, 6) is 0.147. The van der Waals surface area contributed by atoms with E-state index in [-0.39, 0.29) is 22.8 Å². The predicted molar refractivity (Wildman–Crippen MR) is 119 cm³/mol. The van der Waals surface area contributed by atoms with Crippen molar-refractivity contribution in [1.29, 1.82) is 0 Å². The highest BCUT2D eigenvalue weighted by Gasteiger charge is 2.91. The summed E-state index contributed by atoms with van der Waals surface area (Å²) in [5.41, 5.74) is -2.18. The summed E-state index contributed by atoms with van der Waals surface area (Å²) in [4.78, 5) is 45.3. The number of nitrogens with zero attached hydrogens (tertiary/aromatic N) is 2. The largest absolute Gasteiger partial charge is 0.444 e. The van der Waals surface area contributed by atoms with E-state index >= 15 is 0 Å². The SMILES string of the molecule is C=NC(=O)[C@@H]1CC23CC2(C3)N1C(=O)C(NC(=O)OC(C)(C)C)C12CC3CC(CC(O)(C3)C1)C2. The van der Waals surface area contributed by atoms with E-state index in [2.05, 4.69) is 17.0 Å². The monoisotopic (exact) mass is 457 g/mol. The lowest BCUT2D eigenvalue weighted by Gasteiger charge is -2.62. The Balaban J connectivity index is 1.36. The van der Waals surface area contributed by atoms with Gasteiger partial charge in [0.15, 0.2) is 0 Å². The van der Waals surface area contributed by atoms with Crippen LogP contribution in [0.1, 0.15) is 78.6 Å². The molecule has 4 atom stereocenters. The van der Waals surface area contributed by atoms with Gasteiger partial charge in [-0.05, 0) is 97.1 Å². The first-order chi connectivity index (χ1) is 15.3. The highest BCUT2D eigenvalue weighted by molar-refractivity contribution is 5.96. The van der Waals surface area contributed by atoms with Crippen LogP contribution < -0.4 is 5.32 Å². The third kappa shape index (κ3) is 2.98. The molecule has 8 nitrogen and oxygen atoms in total. The van der Waals surface area contributed by atoms with Gasteiger partial charge in [-0.25, -0.2) is 9.79 Å². The van der Waals surface area contributed by atoms with Crippen molar-refractivity contribution in [3.8, 4) is 0 Å². The van der Waals surface area contributed by atoms with Gasteiger partial charge in [-0.15, -0.1) is 0 Å². The number of alkyl carbamates (subject to hydrolysis) is 1. The molecular formula is C25H35N3O5. The van der Waals surface area contributed by atoms with E-state index in [9.17, 15) is 19.5 Å². The molecule has 1 heterocycles. The molecular weight excluding hydrogens is 422 g/mol. The van der Waals surface area contributed by atoms with Crippen molar-refractivity contribution in [3.05, 3.63) is 0 Å². The standard InChI is InChI=1S/C25H35N3O5/c1-21(2,3)33-20(31)27-17(22-6-14-5-15(7-22)9-24(32,8-14)11-22)19(30)28-16(18(29)26-4)10-23-12-25(23,28)13-23/h14-17,32H,4-13H2,1-3H3,(H,27,31)/t14?,15?,16-,17?,22?,23?,24?,25?/m0/s1. The van der Waals surface area contributed by atoms with Gasteiger partial charge in [-0.2, -0.15) is 0 Å². The molecule has 0 spiro atoms. The van der Waals surface area contributed by atoms with E-state index in [1.54, 1.807) is 25.7 Å². The summed E-state index contributed by atoms with van der Waals surface area (Å²) in [6.07, 6.45) is 6.61. The summed E-state index contributed by atoms with van der Waals surface area (Å²) in [6, 6.07) is -1.42. The lowest BCUT2D eigenvalue weighted by atomic mass is 9.46. The Morgan fingerprint density at radius 3 is 2.27 bits per heavy atom. The van der Waals surface area contributed by atoms with Crippen molar-refractivity contribution in [1.82, 2.24) is 10.2 Å². The van der Waals surface area contributed by atoms with E-state index in [0.29, 0.717) is 24.7 Å². The molecule has 6 aliphatic carbocycles. The highest BCUT2D eigenvalue weighted by Crippen LogP contribution is 2.87. The molecule has 7 aliphatic rings. The number of hydrogen-bond acceptors (Lipinski definition) is 5. The van der Waals surface area contributed by atoms with Gasteiger partial charge < -0.3 is 20.1 Å². The topological polar surface area (TPSA) is 108 Å². The van der Waals surface area contributed by atoms with Crippen LogP contribution in [0.3, 0.4) is 0 Å². The zero-order valence-electron chi connectivity index (χ0n) is 19.9. The molecule has 4 bridgehead atoms. The maximum absolute atomic E-state index is 14.3. The van der Waals surface area contributed by atoms with Crippen molar-refractivity contribution in [2.45, 2.75) is 107 Å². The lowest BCUT2D eigenvalue weighted by molar-refractivity contribution is -0.181. The number of likely N-dealkylation sites (tertiary alicyclic amines) is 1. The molecule has 0 radical (unpaired) electrons. The smallest absolute Gasteiger partial charge is 0.408 e. The molecule has 0 aromatic heterocycles. The minimum atomic E-state index is -0.823. The minimum Gasteiger partial charge on any atom is -0.444 e. The van der Waals surface area contributed by atoms with Gasteiger partial charge in [0.1, 0.15) is 17.7 Å². The Morgan fingerprint density at radius 2 is 1.73 bits per heavy atom. The molecule has 6 saturated carbocycles. The van der Waals surface area contributed by atoms with Crippen molar-refractivity contribution >= 4 is 24.6 Å². The number of aliphatic imine (C=N–C) groups is 1. The summed E-state index contributed by atoms with van der Waals surface area (Å²) in [7, 11) is 0. The number of nitrogens with one attached hydrogen (secondary N) is 1. The number of carbonyl (C=O) groups is 3. The lowest BCUT2D eigenvalue weighted by Crippen LogP contribution is -2.67. The maximum atomic E-state index is 14.3. The fourth-order valence-electron chi connectivity index (χ4n) is 8.83. The maximum Gasteiger partial charge on any atom is 0.408 e. The van der Waals surface area contributed by atoms with Crippen LogP contribution >= 0.6 is 0 Å². The van der Waals surface area contributed by atoms with Gasteiger partial charge >= 0.3 is 6.09 Å². The second-order valence-corrected chi connectivity index (χ2v) is 13.2. The number of carbonyl (C=O) groups excluding carboxylic acids is 3. The summed E-state index contributed by atoms with van der Waals surface area (Å²) in [5, 5.41) is 14.3. The van der Waals surface area contributed by atoms with Gasteiger partial charge in [0.05, 0.1) is 11.1 Å². The molecule has 0 aromatic carbocycles. The normalized spacial score (nSPS) is 46.8. The number of hydrogen-bond donors (Lipinski definition) is 2. The predicted octanol–water partition coefficient (Wildman–Crippen LogP) is 2.57. The van der Waals surface area contributed by atoms with Crippen molar-refractivity contribution < 1.29 is 24.2 Å². The Morgan fingerprint density at radius 1 is 1.09 bits per heavy atom. The molecule has 1 saturated heterocycles. The number of piperidine rings is 2. The Hall–Kier alpha value is -1.96. The molecule has 8 heteroatoms. The first kappa shape index (κ1) is 21.6. The molecule has 2 N–H and O–H groups in total. The molecule has 33 heavy (non-hydrogen) atoms. The average Bonchev–Trinajstić information content (AvgIpc) is 3.43. The van der Waals surface area contributed by atoms with Gasteiger partial charge in [0.25, 0.3) is 5.91 Å². The minimum absolute atomic E-state index is 0.0593. The molecule has 3 unspecified atom stereocenters. The molecule has 0 aromatic rings. The summed E-state index contributed by atoms with van der Waals surface area (Å²) < 4.78 is 5.56. The van der Waals surface area contributed by atoms with Crippen molar-refractivity contribution in [2.24, 2.45) is 27.7 Å². The van der Waals surface area contributed by atoms with E-state index in [0.717, 1.165) is 44.9 Å². The number of aliphatic hydroxyl groups is 1. The Labute approximate surface area is 194 Å². The van der Waals surface area contributed by atoms with E-state index in [1.807, 2.05) is 0 Å². The van der Waals surface area contributed by atoms with E-state index in [4.69, 9.17) is 4.74 Å². The third-order valence-electron chi connectivity index (χ3n) is 9.63. The van der Waals surface area contributed by atoms with Crippen LogP contribution in [0.5, 0.6) is 0 Å². The van der Waals surface area contributed by atoms with Crippen LogP contribution in [-0.2, 0) is 14.3 Å². The van der Waals surface area contributed by atoms with Gasteiger partial charge in [0.2, 0.25) is 5.91 Å². The average molecular weight is 458 g/mol. The highest BCUT2D eigenvalue weighted by atomic mass is 16.6. The van der Waals surface area contributed by atoms with Gasteiger partial charge in [-0.3, -0.25) is 9.59 Å². The quantitative estimate of drug-likeness (QED) is 0.631. The zero-order valence-corrected chi connectivity index (χ0v) is 19.9. The first-order valence-electron chi connectivity index (χ1n) is 12.4. The van der Waals surface area contributed by atoms with E-state index < -0.39 is 34.8 Å². The van der Waals surface area contributed by atoms with Crippen LogP contribution in [0.2, 0.25) is 0 Å². The van der Waals surface area contributed by atoms with Crippen LogP contribution in [0.25, 0.3) is 0 Å². The van der Waals surface area contributed by atoms with Crippen LogP contribution in [0.15, 0.2) is 4.99 Å². The van der Waals surface area contributed by atoms with Crippen LogP contribution in [0, 0.1) is 22.7 Å². The van der Waals surface area contributed by atoms with Gasteiger partial charge in [0, 0.05) is 10.8 Å². The number of amides is 3. The Kier molecular flexibility index (Phi) is 4.04. The number of rotatable bonds is 4. The molecule has 7 rings (SSSR count). The molecule has 7 fully saturated rings. The fraction of sp³-hybridized carbons (Fsp3) is 0.840. The zero-order chi connectivity index (χ0) is 23.6. The molecule has 1 aliphatic heterocycles. The molecule has 3 amide bonds. The first-order valence-corrected chi connectivity index (χ1v) is 12.4. The Bertz CT molecular complexity index is 948. The second-order valence-electron chi connectivity index (χ2n) is 13.2. The van der Waals surface area contributed by atoms with Gasteiger partial charge in [-0.1, -0.05) is 0 Å². The molecule has 180 valence electrons. The summed E-state index contributed by atoms with van der Waals surface area (Å²) >= 11 is 0. The fourth-order valence-corrected chi connectivity index (χ4v) is 8.83.